The van der Waals surface area contributed by atoms with Crippen molar-refractivity contribution in [3.63, 3.8) is 0 Å². The van der Waals surface area contributed by atoms with Crippen LogP contribution < -0.4 is 10.9 Å². The summed E-state index contributed by atoms with van der Waals surface area (Å²) in [7, 11) is 0. The molecule has 1 aromatic heterocycles. The molecule has 3 rings (SSSR count). The lowest BCUT2D eigenvalue weighted by Crippen LogP contribution is -2.33. The maximum Gasteiger partial charge on any atom is 0.275 e. The average molecular weight is 342 g/mol. The number of anilines is 1. The molecular formula is C18H16ClN3O2. The van der Waals surface area contributed by atoms with Gasteiger partial charge in [-0.05, 0) is 31.5 Å². The molecule has 2 aromatic carbocycles. The monoisotopic (exact) mass is 341 g/mol. The average Bonchev–Trinajstić information content (AvgIpc) is 2.58. The molecule has 1 atom stereocenters. The molecular weight excluding hydrogens is 326 g/mol. The number of amides is 1. The number of nitrogens with one attached hydrogen (secondary N) is 1. The van der Waals surface area contributed by atoms with E-state index in [2.05, 4.69) is 10.4 Å². The van der Waals surface area contributed by atoms with Crippen LogP contribution in [0.1, 0.15) is 18.5 Å². The van der Waals surface area contributed by atoms with Gasteiger partial charge in [0.2, 0.25) is 5.91 Å². The van der Waals surface area contributed by atoms with E-state index in [1.54, 1.807) is 31.3 Å². The lowest BCUT2D eigenvalue weighted by Gasteiger charge is -2.16. The van der Waals surface area contributed by atoms with E-state index >= 15 is 0 Å². The minimum absolute atomic E-state index is 0.299. The van der Waals surface area contributed by atoms with Crippen LogP contribution in [0.2, 0.25) is 5.02 Å². The lowest BCUT2D eigenvalue weighted by molar-refractivity contribution is -0.119. The quantitative estimate of drug-likeness (QED) is 0.792. The van der Waals surface area contributed by atoms with Gasteiger partial charge in [0, 0.05) is 5.39 Å². The number of carbonyl (C=O) groups excluding carboxylic acids is 1. The zero-order valence-corrected chi connectivity index (χ0v) is 14.0. The first kappa shape index (κ1) is 16.2. The van der Waals surface area contributed by atoms with Crippen molar-refractivity contribution in [3.05, 3.63) is 69.6 Å². The van der Waals surface area contributed by atoms with Gasteiger partial charge in [0.25, 0.3) is 5.56 Å². The highest BCUT2D eigenvalue weighted by Gasteiger charge is 2.20. The van der Waals surface area contributed by atoms with Gasteiger partial charge in [0.05, 0.1) is 22.3 Å². The number of benzene rings is 2. The van der Waals surface area contributed by atoms with Crippen molar-refractivity contribution in [1.29, 1.82) is 0 Å². The third-order valence-corrected chi connectivity index (χ3v) is 4.25. The van der Waals surface area contributed by atoms with Crippen LogP contribution in [0.25, 0.3) is 10.8 Å². The largest absolute Gasteiger partial charge is 0.323 e. The molecule has 0 radical (unpaired) electrons. The second-order valence-electron chi connectivity index (χ2n) is 5.58. The van der Waals surface area contributed by atoms with Gasteiger partial charge in [-0.2, -0.15) is 5.10 Å². The van der Waals surface area contributed by atoms with E-state index in [0.717, 1.165) is 10.9 Å². The van der Waals surface area contributed by atoms with Crippen LogP contribution in [0, 0.1) is 6.92 Å². The third kappa shape index (κ3) is 2.90. The van der Waals surface area contributed by atoms with Crippen LogP contribution in [0.3, 0.4) is 0 Å². The number of carbonyl (C=O) groups is 1. The standard InChI is InChI=1S/C18H16ClN3O2/c1-11-6-5-9-15(19)16(11)21-17(23)12(2)22-18(24)14-8-4-3-7-13(14)10-20-22/h3-10,12H,1-2H3,(H,21,23)/t12-/m0/s1. The van der Waals surface area contributed by atoms with E-state index < -0.39 is 6.04 Å². The number of rotatable bonds is 3. The summed E-state index contributed by atoms with van der Waals surface area (Å²) in [5, 5.41) is 8.63. The van der Waals surface area contributed by atoms with E-state index in [0.29, 0.717) is 16.1 Å². The number of para-hydroxylation sites is 1. The second kappa shape index (κ2) is 6.45. The molecule has 0 aliphatic heterocycles. The predicted molar refractivity (Wildman–Crippen MR) is 95.5 cm³/mol. The minimum Gasteiger partial charge on any atom is -0.323 e. The van der Waals surface area contributed by atoms with E-state index in [9.17, 15) is 9.59 Å². The van der Waals surface area contributed by atoms with Gasteiger partial charge in [-0.25, -0.2) is 4.68 Å². The molecule has 0 saturated heterocycles. The molecule has 122 valence electrons. The summed E-state index contributed by atoms with van der Waals surface area (Å²) in [6, 6.07) is 11.8. The molecule has 0 fully saturated rings. The van der Waals surface area contributed by atoms with E-state index in [-0.39, 0.29) is 11.5 Å². The first-order valence-corrected chi connectivity index (χ1v) is 7.89. The lowest BCUT2D eigenvalue weighted by atomic mass is 10.2. The molecule has 1 N–H and O–H groups in total. The smallest absolute Gasteiger partial charge is 0.275 e. The van der Waals surface area contributed by atoms with Crippen LogP contribution in [0.5, 0.6) is 0 Å². The molecule has 5 nitrogen and oxygen atoms in total. The number of hydrogen-bond donors (Lipinski definition) is 1. The predicted octanol–water partition coefficient (Wildman–Crippen LogP) is 3.56. The Kier molecular flexibility index (Phi) is 4.36. The highest BCUT2D eigenvalue weighted by Crippen LogP contribution is 2.26. The van der Waals surface area contributed by atoms with Crippen molar-refractivity contribution in [2.24, 2.45) is 0 Å². The number of hydrogen-bond acceptors (Lipinski definition) is 3. The summed E-state index contributed by atoms with van der Waals surface area (Å²) < 4.78 is 1.18. The first-order chi connectivity index (χ1) is 11.5. The van der Waals surface area contributed by atoms with Gasteiger partial charge >= 0.3 is 0 Å². The van der Waals surface area contributed by atoms with Crippen LogP contribution in [-0.4, -0.2) is 15.7 Å². The van der Waals surface area contributed by atoms with Crippen molar-refractivity contribution < 1.29 is 4.79 Å². The topological polar surface area (TPSA) is 64.0 Å². The van der Waals surface area contributed by atoms with Crippen LogP contribution in [-0.2, 0) is 4.79 Å². The highest BCUT2D eigenvalue weighted by atomic mass is 35.5. The summed E-state index contributed by atoms with van der Waals surface area (Å²) in [6.45, 7) is 3.48. The van der Waals surface area contributed by atoms with Crippen molar-refractivity contribution in [3.8, 4) is 0 Å². The van der Waals surface area contributed by atoms with Gasteiger partial charge in [0.15, 0.2) is 0 Å². The number of aryl methyl sites for hydroxylation is 1. The van der Waals surface area contributed by atoms with Gasteiger partial charge < -0.3 is 5.32 Å². The molecule has 3 aromatic rings. The van der Waals surface area contributed by atoms with Crippen molar-refractivity contribution in [2.75, 3.05) is 5.32 Å². The molecule has 0 spiro atoms. The number of halogens is 1. The molecule has 24 heavy (non-hydrogen) atoms. The number of aromatic nitrogens is 2. The van der Waals surface area contributed by atoms with Gasteiger partial charge in [-0.15, -0.1) is 0 Å². The Bertz CT molecular complexity index is 961. The fourth-order valence-corrected chi connectivity index (χ4v) is 2.78. The molecule has 0 saturated carbocycles. The second-order valence-corrected chi connectivity index (χ2v) is 5.99. The molecule has 6 heteroatoms. The zero-order chi connectivity index (χ0) is 17.3. The van der Waals surface area contributed by atoms with Crippen LogP contribution >= 0.6 is 11.6 Å². The van der Waals surface area contributed by atoms with Crippen molar-refractivity contribution in [2.45, 2.75) is 19.9 Å². The Morgan fingerprint density at radius 1 is 1.21 bits per heavy atom. The Morgan fingerprint density at radius 2 is 1.96 bits per heavy atom. The molecule has 1 amide bonds. The number of nitrogens with zero attached hydrogens (tertiary/aromatic N) is 2. The van der Waals surface area contributed by atoms with Crippen LogP contribution in [0.15, 0.2) is 53.5 Å². The summed E-state index contributed by atoms with van der Waals surface area (Å²) in [4.78, 5) is 25.1. The normalized spacial score (nSPS) is 12.1. The summed E-state index contributed by atoms with van der Waals surface area (Å²) in [5.74, 6) is -0.351. The maximum absolute atomic E-state index is 12.6. The van der Waals surface area contributed by atoms with Crippen molar-refractivity contribution >= 4 is 34.0 Å². The Labute approximate surface area is 143 Å². The number of fused-ring (bicyclic) bond motifs is 1. The molecule has 0 unspecified atom stereocenters. The van der Waals surface area contributed by atoms with Crippen molar-refractivity contribution in [1.82, 2.24) is 9.78 Å². The molecule has 1 heterocycles. The zero-order valence-electron chi connectivity index (χ0n) is 13.3. The summed E-state index contributed by atoms with van der Waals surface area (Å²) in [6.07, 6.45) is 1.58. The Balaban J connectivity index is 1.94. The SMILES string of the molecule is Cc1cccc(Cl)c1NC(=O)[C@H](C)n1ncc2ccccc2c1=O. The molecule has 0 aliphatic carbocycles. The highest BCUT2D eigenvalue weighted by molar-refractivity contribution is 6.34. The summed E-state index contributed by atoms with van der Waals surface area (Å²) in [5.41, 5.74) is 1.10. The molecule has 0 aliphatic rings. The van der Waals surface area contributed by atoms with Gasteiger partial charge in [-0.1, -0.05) is 41.9 Å². The fourth-order valence-electron chi connectivity index (χ4n) is 2.51. The fraction of sp³-hybridized carbons (Fsp3) is 0.167. The van der Waals surface area contributed by atoms with Gasteiger partial charge in [-0.3, -0.25) is 9.59 Å². The Hall–Kier alpha value is -2.66. The first-order valence-electron chi connectivity index (χ1n) is 7.51. The van der Waals surface area contributed by atoms with Gasteiger partial charge in [0.1, 0.15) is 6.04 Å². The van der Waals surface area contributed by atoms with E-state index in [1.807, 2.05) is 31.2 Å². The molecule has 0 bridgehead atoms. The maximum atomic E-state index is 12.6. The van der Waals surface area contributed by atoms with E-state index in [4.69, 9.17) is 11.6 Å². The summed E-state index contributed by atoms with van der Waals surface area (Å²) >= 11 is 6.13. The van der Waals surface area contributed by atoms with E-state index in [1.165, 1.54) is 4.68 Å². The Morgan fingerprint density at radius 3 is 2.71 bits per heavy atom. The minimum atomic E-state index is -0.766. The van der Waals surface area contributed by atoms with Crippen LogP contribution in [0.4, 0.5) is 5.69 Å². The third-order valence-electron chi connectivity index (χ3n) is 3.94.